The fraction of sp³-hybridized carbons (Fsp3) is 0.623. The summed E-state index contributed by atoms with van der Waals surface area (Å²) in [4.78, 5) is 59.1. The Morgan fingerprint density at radius 2 is 1.54 bits per heavy atom. The molecule has 3 rings (SSSR count). The summed E-state index contributed by atoms with van der Waals surface area (Å²) in [5, 5.41) is 13.8. The van der Waals surface area contributed by atoms with Crippen molar-refractivity contribution in [3.63, 3.8) is 0 Å². The lowest BCUT2D eigenvalue weighted by Gasteiger charge is -2.31. The van der Waals surface area contributed by atoms with Gasteiger partial charge in [0, 0.05) is 78.1 Å². The van der Waals surface area contributed by atoms with Crippen molar-refractivity contribution in [2.45, 2.75) is 176 Å². The molecule has 0 bridgehead atoms. The van der Waals surface area contributed by atoms with Gasteiger partial charge >= 0.3 is 0 Å². The number of nitrogens with two attached hydrogens (primary N) is 1. The maximum Gasteiger partial charge on any atom is 0.227 e. The van der Waals surface area contributed by atoms with Crippen molar-refractivity contribution in [3.8, 4) is 0 Å². The molecule has 0 aliphatic carbocycles. The third kappa shape index (κ3) is 19.8. The zero-order valence-electron chi connectivity index (χ0n) is 42.8. The highest BCUT2D eigenvalue weighted by Gasteiger charge is 2.31. The van der Waals surface area contributed by atoms with E-state index in [0.29, 0.717) is 72.9 Å². The van der Waals surface area contributed by atoms with Crippen molar-refractivity contribution >= 4 is 62.3 Å². The quantitative estimate of drug-likeness (QED) is 0.0226. The standard InChI is InChI=1S/C53H83N7O5S2/c1-13-40(27-29-51(7,8)50(64)55-14-2)35-38(5)28-32-56-48-42-20-16-15-19-41(42)36-60(44-22-18-17-21-43(44)49(48)59-54)47(63)26-25-46(62)58-52(9,10)30-33-65-53(11,12)31-34-66-67-39(6)23-24-45(61)57-37(3)4/h15-22,35,37,39-40H,13-14,23-34,36,54H2,1-12H3,(H,55,64)(H,57,61)(H,58,62)/b38-35+,56-48?,59-49-. The van der Waals surface area contributed by atoms with Gasteiger partial charge in [-0.25, -0.2) is 0 Å². The molecule has 0 saturated carbocycles. The van der Waals surface area contributed by atoms with Gasteiger partial charge in [0.25, 0.3) is 0 Å². The second-order valence-electron chi connectivity index (χ2n) is 20.1. The van der Waals surface area contributed by atoms with Crippen LogP contribution in [0.25, 0.3) is 0 Å². The van der Waals surface area contributed by atoms with Gasteiger partial charge in [-0.2, -0.15) is 5.10 Å². The Balaban J connectivity index is 1.61. The number of allylic oxidation sites excluding steroid dienone is 1. The lowest BCUT2D eigenvalue weighted by Crippen LogP contribution is -2.45. The summed E-state index contributed by atoms with van der Waals surface area (Å²) in [5.41, 5.74) is 4.25. The summed E-state index contributed by atoms with van der Waals surface area (Å²) in [6.07, 6.45) is 8.73. The van der Waals surface area contributed by atoms with Crippen LogP contribution >= 0.6 is 21.6 Å². The number of hydrogen-bond donors (Lipinski definition) is 4. The molecule has 2 aromatic carbocycles. The van der Waals surface area contributed by atoms with Gasteiger partial charge in [-0.15, -0.1) is 0 Å². The van der Waals surface area contributed by atoms with E-state index >= 15 is 0 Å². The number of aliphatic imine (C=N–C) groups is 1. The van der Waals surface area contributed by atoms with Crippen molar-refractivity contribution in [2.75, 3.05) is 30.3 Å². The van der Waals surface area contributed by atoms with Crippen LogP contribution in [0.5, 0.6) is 0 Å². The molecular weight excluding hydrogens is 879 g/mol. The number of benzene rings is 2. The molecule has 67 heavy (non-hydrogen) atoms. The van der Waals surface area contributed by atoms with Crippen molar-refractivity contribution in [2.24, 2.45) is 27.3 Å². The summed E-state index contributed by atoms with van der Waals surface area (Å²) in [7, 11) is 3.63. The molecule has 12 nitrogen and oxygen atoms in total. The van der Waals surface area contributed by atoms with Crippen LogP contribution in [-0.2, 0) is 30.5 Å². The molecular formula is C53H83N7O5S2. The van der Waals surface area contributed by atoms with Gasteiger partial charge in [0.2, 0.25) is 23.6 Å². The largest absolute Gasteiger partial charge is 0.375 e. The molecule has 2 aromatic rings. The number of nitrogens with zero attached hydrogens (tertiary/aromatic N) is 3. The van der Waals surface area contributed by atoms with Crippen molar-refractivity contribution < 1.29 is 23.9 Å². The zero-order valence-corrected chi connectivity index (χ0v) is 44.4. The number of para-hydroxylation sites is 1. The summed E-state index contributed by atoms with van der Waals surface area (Å²) in [6.45, 7) is 26.5. The lowest BCUT2D eigenvalue weighted by molar-refractivity contribution is -0.129. The normalized spacial score (nSPS) is 15.7. The van der Waals surface area contributed by atoms with Crippen LogP contribution in [0.15, 0.2) is 70.3 Å². The molecule has 1 aliphatic rings. The van der Waals surface area contributed by atoms with Crippen LogP contribution in [0.4, 0.5) is 5.69 Å². The highest BCUT2D eigenvalue weighted by atomic mass is 33.1. The first kappa shape index (κ1) is 57.2. The lowest BCUT2D eigenvalue weighted by atomic mass is 9.82. The Morgan fingerprint density at radius 3 is 2.21 bits per heavy atom. The number of carbonyl (C=O) groups is 4. The Hall–Kier alpha value is -4.14. The molecule has 1 aliphatic heterocycles. The molecule has 14 heteroatoms. The number of carbonyl (C=O) groups excluding carboxylic acids is 4. The van der Waals surface area contributed by atoms with Gasteiger partial charge in [0.05, 0.1) is 23.5 Å². The third-order valence-electron chi connectivity index (χ3n) is 12.1. The third-order valence-corrected chi connectivity index (χ3v) is 15.1. The van der Waals surface area contributed by atoms with Gasteiger partial charge < -0.3 is 31.4 Å². The average Bonchev–Trinajstić information content (AvgIpc) is 3.26. The zero-order chi connectivity index (χ0) is 49.8. The van der Waals surface area contributed by atoms with Crippen LogP contribution in [0, 0.1) is 11.3 Å². The number of nitrogens with one attached hydrogen (secondary N) is 3. The minimum atomic E-state index is -0.539. The Morgan fingerprint density at radius 1 is 0.851 bits per heavy atom. The van der Waals surface area contributed by atoms with Crippen molar-refractivity contribution in [1.82, 2.24) is 16.0 Å². The summed E-state index contributed by atoms with van der Waals surface area (Å²) in [5.74, 6) is 7.31. The van der Waals surface area contributed by atoms with Crippen LogP contribution in [0.2, 0.25) is 0 Å². The van der Waals surface area contributed by atoms with Gasteiger partial charge in [-0.3, -0.25) is 24.2 Å². The first-order chi connectivity index (χ1) is 31.6. The Labute approximate surface area is 411 Å². The maximum atomic E-state index is 14.2. The van der Waals surface area contributed by atoms with Gasteiger partial charge in [0.1, 0.15) is 5.71 Å². The second kappa shape index (κ2) is 27.8. The highest BCUT2D eigenvalue weighted by Crippen LogP contribution is 2.33. The van der Waals surface area contributed by atoms with Crippen LogP contribution in [0.3, 0.4) is 0 Å². The minimum absolute atomic E-state index is 0.0191. The van der Waals surface area contributed by atoms with E-state index in [-0.39, 0.29) is 48.1 Å². The number of amides is 4. The number of hydrazone groups is 1. The highest BCUT2D eigenvalue weighted by molar-refractivity contribution is 8.76. The molecule has 0 saturated heterocycles. The van der Waals surface area contributed by atoms with E-state index in [9.17, 15) is 19.2 Å². The molecule has 0 fully saturated rings. The van der Waals surface area contributed by atoms with Gasteiger partial charge in [-0.1, -0.05) is 103 Å². The van der Waals surface area contributed by atoms with Gasteiger partial charge in [-0.05, 0) is 118 Å². The number of hydrogen-bond acceptors (Lipinski definition) is 10. The Bertz CT molecular complexity index is 2030. The van der Waals surface area contributed by atoms with E-state index in [1.807, 2.05) is 119 Å². The van der Waals surface area contributed by atoms with E-state index in [4.69, 9.17) is 15.6 Å². The predicted molar refractivity (Wildman–Crippen MR) is 283 cm³/mol. The van der Waals surface area contributed by atoms with Crippen LogP contribution < -0.4 is 26.7 Å². The SMILES string of the molecule is CCNC(=O)C(C)(C)CCC(/C=C(\C)CCN=C1/C(=N\N)c2ccccc2N(C(=O)CCC(=O)NC(C)(C)CCOC(C)(C)CCSSC(C)CCC(=O)NC(C)C)Cc2ccccc21)CC. The van der Waals surface area contributed by atoms with E-state index in [1.165, 1.54) is 5.57 Å². The maximum absolute atomic E-state index is 14.2. The molecule has 5 N–H and O–H groups in total. The van der Waals surface area contributed by atoms with E-state index in [2.05, 4.69) is 61.7 Å². The van der Waals surface area contributed by atoms with Crippen molar-refractivity contribution in [1.29, 1.82) is 0 Å². The second-order valence-corrected chi connectivity index (χ2v) is 23.0. The number of ether oxygens (including phenoxy) is 1. The fourth-order valence-corrected chi connectivity index (χ4v) is 10.5. The molecule has 0 radical (unpaired) electrons. The first-order valence-corrected chi connectivity index (χ1v) is 26.8. The van der Waals surface area contributed by atoms with E-state index < -0.39 is 11.0 Å². The first-order valence-electron chi connectivity index (χ1n) is 24.4. The molecule has 372 valence electrons. The predicted octanol–water partition coefficient (Wildman–Crippen LogP) is 10.3. The van der Waals surface area contributed by atoms with Crippen LogP contribution in [-0.4, -0.2) is 82.9 Å². The summed E-state index contributed by atoms with van der Waals surface area (Å²) >= 11 is 0. The number of anilines is 1. The topological polar surface area (TPSA) is 168 Å². The van der Waals surface area contributed by atoms with Crippen molar-refractivity contribution in [3.05, 3.63) is 76.9 Å². The summed E-state index contributed by atoms with van der Waals surface area (Å²) in [6, 6.07) is 15.7. The van der Waals surface area contributed by atoms with Crippen LogP contribution in [0.1, 0.15) is 164 Å². The smallest absolute Gasteiger partial charge is 0.227 e. The molecule has 2 atom stereocenters. The van der Waals surface area contributed by atoms with Gasteiger partial charge in [0.15, 0.2) is 0 Å². The monoisotopic (exact) mass is 962 g/mol. The molecule has 4 amide bonds. The minimum Gasteiger partial charge on any atom is -0.375 e. The molecule has 2 unspecified atom stereocenters. The summed E-state index contributed by atoms with van der Waals surface area (Å²) < 4.78 is 6.31. The molecule has 1 heterocycles. The molecule has 0 spiro atoms. The average molecular weight is 962 g/mol. The fourth-order valence-electron chi connectivity index (χ4n) is 7.86. The number of rotatable bonds is 27. The van der Waals surface area contributed by atoms with E-state index in [1.54, 1.807) is 4.90 Å². The number of fused-ring (bicyclic) bond motifs is 2. The van der Waals surface area contributed by atoms with E-state index in [0.717, 1.165) is 55.4 Å². The molecule has 0 aromatic heterocycles. The Kier molecular flexibility index (Phi) is 23.7.